The van der Waals surface area contributed by atoms with Crippen LogP contribution in [-0.4, -0.2) is 23.5 Å². The lowest BCUT2D eigenvalue weighted by molar-refractivity contribution is 0.0906. The number of halogens is 2. The van der Waals surface area contributed by atoms with Gasteiger partial charge in [-0.15, -0.1) is 36.2 Å². The van der Waals surface area contributed by atoms with Crippen LogP contribution in [0.15, 0.2) is 40.8 Å². The van der Waals surface area contributed by atoms with Crippen LogP contribution in [0.5, 0.6) is 0 Å². The Labute approximate surface area is 169 Å². The number of hydrogen-bond donors (Lipinski definition) is 2. The Bertz CT molecular complexity index is 815. The second-order valence-corrected chi connectivity index (χ2v) is 7.22. The van der Waals surface area contributed by atoms with E-state index in [2.05, 4.69) is 24.1 Å². The highest BCUT2D eigenvalue weighted by molar-refractivity contribution is 7.21. The number of fused-ring (bicyclic) bond motifs is 1. The first kappa shape index (κ1) is 22.4. The predicted octanol–water partition coefficient (Wildman–Crippen LogP) is 4.50. The highest BCUT2D eigenvalue weighted by atomic mass is 35.5. The summed E-state index contributed by atoms with van der Waals surface area (Å²) in [5.74, 6) is 1.12. The lowest BCUT2D eigenvalue weighted by atomic mass is 10.0. The van der Waals surface area contributed by atoms with Gasteiger partial charge in [-0.2, -0.15) is 0 Å². The summed E-state index contributed by atoms with van der Waals surface area (Å²) in [6.45, 7) is 4.62. The summed E-state index contributed by atoms with van der Waals surface area (Å²) in [5.41, 5.74) is 6.66. The zero-order chi connectivity index (χ0) is 17.1. The first-order valence-corrected chi connectivity index (χ1v) is 8.85. The van der Waals surface area contributed by atoms with Crippen molar-refractivity contribution in [2.45, 2.75) is 26.3 Å². The van der Waals surface area contributed by atoms with Gasteiger partial charge in [0.05, 0.1) is 10.2 Å². The van der Waals surface area contributed by atoms with Crippen LogP contribution >= 0.6 is 36.2 Å². The van der Waals surface area contributed by atoms with Crippen LogP contribution in [0, 0.1) is 5.92 Å². The van der Waals surface area contributed by atoms with Crippen molar-refractivity contribution < 1.29 is 9.21 Å². The van der Waals surface area contributed by atoms with Gasteiger partial charge in [-0.3, -0.25) is 4.79 Å². The molecule has 1 unspecified atom stereocenters. The Kier molecular flexibility index (Phi) is 8.56. The number of benzene rings is 1. The molecule has 2 heterocycles. The molecule has 0 saturated heterocycles. The molecule has 0 radical (unpaired) electrons. The third-order valence-electron chi connectivity index (χ3n) is 3.71. The smallest absolute Gasteiger partial charge is 0.287 e. The van der Waals surface area contributed by atoms with Crippen LogP contribution in [0.2, 0.25) is 0 Å². The fourth-order valence-electron chi connectivity index (χ4n) is 2.59. The second kappa shape index (κ2) is 9.92. The van der Waals surface area contributed by atoms with Gasteiger partial charge >= 0.3 is 0 Å². The number of carbonyl (C=O) groups excluding carboxylic acids is 1. The van der Waals surface area contributed by atoms with E-state index in [9.17, 15) is 4.79 Å². The number of nitrogens with one attached hydrogen (secondary N) is 1. The molecule has 0 bridgehead atoms. The van der Waals surface area contributed by atoms with E-state index >= 15 is 0 Å². The number of para-hydroxylation sites is 1. The number of thiazole rings is 1. The van der Waals surface area contributed by atoms with Crippen molar-refractivity contribution >= 4 is 52.3 Å². The van der Waals surface area contributed by atoms with Crippen LogP contribution in [0.1, 0.15) is 30.8 Å². The standard InChI is InChI=1S/C18H21N3O2S.2ClH/c1-11(2)9-12(10-19)20-17(22)14-7-8-15(23-14)18-21-13-5-3-4-6-16(13)24-18;;/h3-8,11-12H,9-10,19H2,1-2H3,(H,20,22);2*1H. The van der Waals surface area contributed by atoms with Gasteiger partial charge in [0.1, 0.15) is 0 Å². The number of carbonyl (C=O) groups is 1. The molecule has 0 spiro atoms. The molecular formula is C18H23Cl2N3O2S. The first-order valence-electron chi connectivity index (χ1n) is 8.03. The number of rotatable bonds is 6. The molecule has 0 fully saturated rings. The summed E-state index contributed by atoms with van der Waals surface area (Å²) < 4.78 is 6.80. The zero-order valence-electron chi connectivity index (χ0n) is 14.6. The monoisotopic (exact) mass is 415 g/mol. The average molecular weight is 416 g/mol. The summed E-state index contributed by atoms with van der Waals surface area (Å²) in [7, 11) is 0. The molecule has 2 aromatic heterocycles. The lowest BCUT2D eigenvalue weighted by Gasteiger charge is -2.17. The summed E-state index contributed by atoms with van der Waals surface area (Å²) in [6.07, 6.45) is 0.841. The Balaban J connectivity index is 0.00000169. The van der Waals surface area contributed by atoms with Gasteiger partial charge in [-0.25, -0.2) is 4.98 Å². The van der Waals surface area contributed by atoms with Crippen LogP contribution < -0.4 is 11.1 Å². The molecule has 3 N–H and O–H groups in total. The van der Waals surface area contributed by atoms with Crippen molar-refractivity contribution in [1.29, 1.82) is 0 Å². The number of amides is 1. The van der Waals surface area contributed by atoms with Crippen molar-refractivity contribution in [2.75, 3.05) is 6.54 Å². The summed E-state index contributed by atoms with van der Waals surface area (Å²) >= 11 is 1.55. The second-order valence-electron chi connectivity index (χ2n) is 6.19. The van der Waals surface area contributed by atoms with Crippen molar-refractivity contribution in [3.63, 3.8) is 0 Å². The van der Waals surface area contributed by atoms with E-state index in [1.807, 2.05) is 24.3 Å². The number of hydrogen-bond acceptors (Lipinski definition) is 5. The van der Waals surface area contributed by atoms with Crippen LogP contribution in [-0.2, 0) is 0 Å². The maximum absolute atomic E-state index is 12.3. The summed E-state index contributed by atoms with van der Waals surface area (Å²) in [6, 6.07) is 11.3. The van der Waals surface area contributed by atoms with Gasteiger partial charge in [-0.1, -0.05) is 26.0 Å². The van der Waals surface area contributed by atoms with Gasteiger partial charge in [0.15, 0.2) is 16.5 Å². The third-order valence-corrected chi connectivity index (χ3v) is 4.76. The minimum absolute atomic E-state index is 0. The highest BCUT2D eigenvalue weighted by Crippen LogP contribution is 2.31. The molecular weight excluding hydrogens is 393 g/mol. The molecule has 1 amide bonds. The SMILES string of the molecule is CC(C)CC(CN)NC(=O)c1ccc(-c2nc3ccccc3s2)o1.Cl.Cl. The van der Waals surface area contributed by atoms with E-state index in [1.165, 1.54) is 0 Å². The fourth-order valence-corrected chi connectivity index (χ4v) is 3.52. The van der Waals surface area contributed by atoms with Crippen molar-refractivity contribution in [3.8, 4) is 10.8 Å². The number of nitrogens with zero attached hydrogens (tertiary/aromatic N) is 1. The molecule has 26 heavy (non-hydrogen) atoms. The third kappa shape index (κ3) is 5.20. The molecule has 0 aliphatic rings. The normalized spacial score (nSPS) is 11.7. The predicted molar refractivity (Wildman–Crippen MR) is 112 cm³/mol. The van der Waals surface area contributed by atoms with Crippen LogP contribution in [0.4, 0.5) is 0 Å². The van der Waals surface area contributed by atoms with Gasteiger partial charge in [0.25, 0.3) is 5.91 Å². The maximum Gasteiger partial charge on any atom is 0.287 e. The maximum atomic E-state index is 12.3. The molecule has 8 heteroatoms. The summed E-state index contributed by atoms with van der Waals surface area (Å²) in [4.78, 5) is 16.9. The van der Waals surface area contributed by atoms with E-state index in [-0.39, 0.29) is 42.5 Å². The van der Waals surface area contributed by atoms with E-state index < -0.39 is 0 Å². The molecule has 1 atom stereocenters. The van der Waals surface area contributed by atoms with Crippen molar-refractivity contribution in [3.05, 3.63) is 42.2 Å². The van der Waals surface area contributed by atoms with Gasteiger partial charge in [0, 0.05) is 12.6 Å². The minimum atomic E-state index is -0.238. The molecule has 3 rings (SSSR count). The van der Waals surface area contributed by atoms with E-state index in [0.29, 0.717) is 18.2 Å². The van der Waals surface area contributed by atoms with Gasteiger partial charge in [-0.05, 0) is 36.6 Å². The Morgan fingerprint density at radius 3 is 2.62 bits per heavy atom. The molecule has 0 aliphatic heterocycles. The topological polar surface area (TPSA) is 81.1 Å². The number of nitrogens with two attached hydrogens (primary N) is 1. The lowest BCUT2D eigenvalue weighted by Crippen LogP contribution is -2.40. The van der Waals surface area contributed by atoms with Crippen LogP contribution in [0.25, 0.3) is 21.0 Å². The molecule has 5 nitrogen and oxygen atoms in total. The largest absolute Gasteiger partial charge is 0.448 e. The minimum Gasteiger partial charge on any atom is -0.448 e. The van der Waals surface area contributed by atoms with E-state index in [0.717, 1.165) is 21.6 Å². The average Bonchev–Trinajstić information content (AvgIpc) is 3.20. The molecule has 1 aromatic carbocycles. The molecule has 0 aliphatic carbocycles. The molecule has 0 saturated carbocycles. The van der Waals surface area contributed by atoms with Crippen LogP contribution in [0.3, 0.4) is 0 Å². The summed E-state index contributed by atoms with van der Waals surface area (Å²) in [5, 5.41) is 3.70. The van der Waals surface area contributed by atoms with Gasteiger partial charge < -0.3 is 15.5 Å². The highest BCUT2D eigenvalue weighted by Gasteiger charge is 2.18. The first-order chi connectivity index (χ1) is 11.6. The Morgan fingerprint density at radius 1 is 1.23 bits per heavy atom. The Morgan fingerprint density at radius 2 is 1.96 bits per heavy atom. The molecule has 3 aromatic rings. The van der Waals surface area contributed by atoms with Crippen molar-refractivity contribution in [2.24, 2.45) is 11.7 Å². The quantitative estimate of drug-likeness (QED) is 0.620. The van der Waals surface area contributed by atoms with E-state index in [4.69, 9.17) is 10.2 Å². The zero-order valence-corrected chi connectivity index (χ0v) is 17.0. The van der Waals surface area contributed by atoms with E-state index in [1.54, 1.807) is 23.5 Å². The molecule has 142 valence electrons. The van der Waals surface area contributed by atoms with Crippen molar-refractivity contribution in [1.82, 2.24) is 10.3 Å². The van der Waals surface area contributed by atoms with Gasteiger partial charge in [0.2, 0.25) is 0 Å². The Hall–Kier alpha value is -1.60. The fraction of sp³-hybridized carbons (Fsp3) is 0.333. The number of aromatic nitrogens is 1. The number of furan rings is 1.